The third kappa shape index (κ3) is 2.55. The molecule has 1 aromatic rings. The summed E-state index contributed by atoms with van der Waals surface area (Å²) in [4.78, 5) is 14.8. The van der Waals surface area contributed by atoms with Gasteiger partial charge in [-0.25, -0.2) is 0 Å². The number of nitrogens with zero attached hydrogens (tertiary/aromatic N) is 1. The van der Waals surface area contributed by atoms with E-state index in [2.05, 4.69) is 20.8 Å². The first-order valence-corrected chi connectivity index (χ1v) is 8.10. The minimum atomic E-state index is 0.0999. The van der Waals surface area contributed by atoms with Crippen molar-refractivity contribution in [2.24, 2.45) is 5.92 Å². The van der Waals surface area contributed by atoms with Crippen LogP contribution in [0, 0.1) is 5.92 Å². The number of likely N-dealkylation sites (tertiary alicyclic amines) is 1. The van der Waals surface area contributed by atoms with Gasteiger partial charge in [0.1, 0.15) is 0 Å². The second kappa shape index (κ2) is 5.45. The summed E-state index contributed by atoms with van der Waals surface area (Å²) < 4.78 is 0.903. The predicted molar refractivity (Wildman–Crippen MR) is 80.6 cm³/mol. The predicted octanol–water partition coefficient (Wildman–Crippen LogP) is 4.51. The third-order valence-electron chi connectivity index (χ3n) is 4.41. The van der Waals surface area contributed by atoms with Gasteiger partial charge in [0, 0.05) is 17.1 Å². The average Bonchev–Trinajstić information content (AvgIpc) is 2.89. The van der Waals surface area contributed by atoms with Crippen molar-refractivity contribution < 1.29 is 4.79 Å². The van der Waals surface area contributed by atoms with Crippen LogP contribution in [0.1, 0.15) is 42.5 Å². The molecule has 19 heavy (non-hydrogen) atoms. The second-order valence-corrected chi connectivity index (χ2v) is 6.85. The van der Waals surface area contributed by atoms with Gasteiger partial charge in [0.25, 0.3) is 5.91 Å². The van der Waals surface area contributed by atoms with Crippen LogP contribution < -0.4 is 0 Å². The molecule has 2 unspecified atom stereocenters. The first kappa shape index (κ1) is 13.4. The number of carbonyl (C=O) groups excluding carboxylic acids is 1. The minimum Gasteiger partial charge on any atom is -0.335 e. The molecule has 1 aliphatic heterocycles. The van der Waals surface area contributed by atoms with Gasteiger partial charge in [-0.15, -0.1) is 0 Å². The molecule has 1 aromatic carbocycles. The van der Waals surface area contributed by atoms with E-state index in [1.807, 2.05) is 12.1 Å². The zero-order valence-electron chi connectivity index (χ0n) is 10.7. The van der Waals surface area contributed by atoms with Crippen molar-refractivity contribution in [3.63, 3.8) is 0 Å². The van der Waals surface area contributed by atoms with E-state index in [0.717, 1.165) is 23.9 Å². The van der Waals surface area contributed by atoms with Crippen LogP contribution >= 0.6 is 27.5 Å². The highest BCUT2D eigenvalue weighted by atomic mass is 79.9. The molecular formula is C15H17BrClNO. The minimum absolute atomic E-state index is 0.0999. The molecule has 0 N–H and O–H groups in total. The molecule has 2 nitrogen and oxygen atoms in total. The van der Waals surface area contributed by atoms with Gasteiger partial charge >= 0.3 is 0 Å². The summed E-state index contributed by atoms with van der Waals surface area (Å²) in [5.74, 6) is 0.812. The summed E-state index contributed by atoms with van der Waals surface area (Å²) in [5.41, 5.74) is 0.628. The zero-order valence-corrected chi connectivity index (χ0v) is 13.1. The Kier molecular flexibility index (Phi) is 3.86. The maximum Gasteiger partial charge on any atom is 0.255 e. The molecule has 1 saturated heterocycles. The van der Waals surface area contributed by atoms with Crippen molar-refractivity contribution in [1.29, 1.82) is 0 Å². The van der Waals surface area contributed by atoms with Crippen molar-refractivity contribution >= 4 is 33.4 Å². The molecule has 1 amide bonds. The van der Waals surface area contributed by atoms with Crippen molar-refractivity contribution in [3.05, 3.63) is 33.3 Å². The SMILES string of the molecule is O=C(c1cc(Br)ccc1Cl)N1CCCC2CCCC21. The standard InChI is InChI=1S/C15H17BrClNO/c16-11-6-7-13(17)12(9-11)15(19)18-8-2-4-10-3-1-5-14(10)18/h6-7,9-10,14H,1-5,8H2. The number of hydrogen-bond acceptors (Lipinski definition) is 1. The molecule has 0 radical (unpaired) electrons. The smallest absolute Gasteiger partial charge is 0.255 e. The zero-order chi connectivity index (χ0) is 13.4. The molecule has 2 fully saturated rings. The van der Waals surface area contributed by atoms with Crippen molar-refractivity contribution in [1.82, 2.24) is 4.90 Å². The molecule has 102 valence electrons. The molecule has 1 heterocycles. The first-order chi connectivity index (χ1) is 9.16. The van der Waals surface area contributed by atoms with Crippen LogP contribution in [0.15, 0.2) is 22.7 Å². The lowest BCUT2D eigenvalue weighted by atomic mass is 9.91. The van der Waals surface area contributed by atoms with Gasteiger partial charge < -0.3 is 4.90 Å². The fourth-order valence-corrected chi connectivity index (χ4v) is 4.08. The lowest BCUT2D eigenvalue weighted by Gasteiger charge is -2.38. The molecule has 4 heteroatoms. The van der Waals surface area contributed by atoms with E-state index >= 15 is 0 Å². The molecule has 0 spiro atoms. The number of rotatable bonds is 1. The summed E-state index contributed by atoms with van der Waals surface area (Å²) in [6, 6.07) is 5.93. The largest absolute Gasteiger partial charge is 0.335 e. The summed E-state index contributed by atoms with van der Waals surface area (Å²) in [6.07, 6.45) is 6.09. The monoisotopic (exact) mass is 341 g/mol. The van der Waals surface area contributed by atoms with E-state index < -0.39 is 0 Å². The van der Waals surface area contributed by atoms with Crippen molar-refractivity contribution in [2.45, 2.75) is 38.1 Å². The highest BCUT2D eigenvalue weighted by Gasteiger charge is 2.37. The highest BCUT2D eigenvalue weighted by Crippen LogP contribution is 2.38. The van der Waals surface area contributed by atoms with E-state index in [0.29, 0.717) is 22.5 Å². The Bertz CT molecular complexity index is 505. The number of fused-ring (bicyclic) bond motifs is 1. The summed E-state index contributed by atoms with van der Waals surface area (Å²) in [6.45, 7) is 0.878. The number of amides is 1. The van der Waals surface area contributed by atoms with Gasteiger partial charge in [-0.2, -0.15) is 0 Å². The Morgan fingerprint density at radius 3 is 2.89 bits per heavy atom. The van der Waals surface area contributed by atoms with Gasteiger partial charge in [-0.3, -0.25) is 4.79 Å². The van der Waals surface area contributed by atoms with E-state index in [1.54, 1.807) is 6.07 Å². The van der Waals surface area contributed by atoms with E-state index in [9.17, 15) is 4.79 Å². The van der Waals surface area contributed by atoms with Crippen LogP contribution in [0.25, 0.3) is 0 Å². The van der Waals surface area contributed by atoms with Crippen LogP contribution in [-0.4, -0.2) is 23.4 Å². The molecule has 0 aromatic heterocycles. The highest BCUT2D eigenvalue weighted by molar-refractivity contribution is 9.10. The normalized spacial score (nSPS) is 26.3. The Balaban J connectivity index is 1.88. The number of benzene rings is 1. The molecule has 2 aliphatic rings. The first-order valence-electron chi connectivity index (χ1n) is 6.93. The molecule has 3 rings (SSSR count). The van der Waals surface area contributed by atoms with Gasteiger partial charge in [-0.05, 0) is 49.8 Å². The molecular weight excluding hydrogens is 326 g/mol. The third-order valence-corrected chi connectivity index (χ3v) is 5.24. The lowest BCUT2D eigenvalue weighted by molar-refractivity contribution is 0.0548. The van der Waals surface area contributed by atoms with Gasteiger partial charge in [0.05, 0.1) is 10.6 Å². The second-order valence-electron chi connectivity index (χ2n) is 5.52. The molecule has 2 atom stereocenters. The van der Waals surface area contributed by atoms with Gasteiger partial charge in [0.15, 0.2) is 0 Å². The Labute approximate surface area is 127 Å². The Hall–Kier alpha value is -0.540. The van der Waals surface area contributed by atoms with Crippen LogP contribution in [0.4, 0.5) is 0 Å². The topological polar surface area (TPSA) is 20.3 Å². The summed E-state index contributed by atoms with van der Waals surface area (Å²) in [5, 5.41) is 0.549. The fraction of sp³-hybridized carbons (Fsp3) is 0.533. The molecule has 0 bridgehead atoms. The lowest BCUT2D eigenvalue weighted by Crippen LogP contribution is -2.46. The van der Waals surface area contributed by atoms with Gasteiger partial charge in [0.2, 0.25) is 0 Å². The fourth-order valence-electron chi connectivity index (χ4n) is 3.52. The maximum atomic E-state index is 12.7. The van der Waals surface area contributed by atoms with Crippen LogP contribution in [0.5, 0.6) is 0 Å². The summed E-state index contributed by atoms with van der Waals surface area (Å²) >= 11 is 9.60. The number of hydrogen-bond donors (Lipinski definition) is 0. The van der Waals surface area contributed by atoms with Crippen molar-refractivity contribution in [3.8, 4) is 0 Å². The Morgan fingerprint density at radius 1 is 1.26 bits per heavy atom. The van der Waals surface area contributed by atoms with Crippen molar-refractivity contribution in [2.75, 3.05) is 6.54 Å². The van der Waals surface area contributed by atoms with Crippen LogP contribution in [-0.2, 0) is 0 Å². The summed E-state index contributed by atoms with van der Waals surface area (Å²) in [7, 11) is 0. The maximum absolute atomic E-state index is 12.7. The van der Waals surface area contributed by atoms with E-state index in [1.165, 1.54) is 19.3 Å². The molecule has 1 aliphatic carbocycles. The quantitative estimate of drug-likeness (QED) is 0.735. The van der Waals surface area contributed by atoms with E-state index in [-0.39, 0.29) is 5.91 Å². The molecule has 1 saturated carbocycles. The van der Waals surface area contributed by atoms with Crippen LogP contribution in [0.2, 0.25) is 5.02 Å². The van der Waals surface area contributed by atoms with E-state index in [4.69, 9.17) is 11.6 Å². The number of piperidine rings is 1. The Morgan fingerprint density at radius 2 is 2.05 bits per heavy atom. The van der Waals surface area contributed by atoms with Gasteiger partial charge in [-0.1, -0.05) is 34.0 Å². The number of halogens is 2. The average molecular weight is 343 g/mol. The van der Waals surface area contributed by atoms with Crippen LogP contribution in [0.3, 0.4) is 0 Å². The number of carbonyl (C=O) groups is 1.